The van der Waals surface area contributed by atoms with Gasteiger partial charge in [0.1, 0.15) is 16.6 Å². The van der Waals surface area contributed by atoms with Gasteiger partial charge in [0, 0.05) is 18.4 Å². The van der Waals surface area contributed by atoms with Gasteiger partial charge in [-0.1, -0.05) is 0 Å². The highest BCUT2D eigenvalue weighted by molar-refractivity contribution is 7.90. The van der Waals surface area contributed by atoms with Crippen LogP contribution < -0.4 is 4.72 Å². The minimum absolute atomic E-state index is 0.235. The van der Waals surface area contributed by atoms with Crippen molar-refractivity contribution in [1.29, 1.82) is 0 Å². The average Bonchev–Trinajstić information content (AvgIpc) is 2.61. The summed E-state index contributed by atoms with van der Waals surface area (Å²) in [5.41, 5.74) is -1.05. The summed E-state index contributed by atoms with van der Waals surface area (Å²) in [6, 6.07) is 0. The lowest BCUT2D eigenvalue weighted by molar-refractivity contribution is -0.138. The molecule has 1 aromatic heterocycles. The van der Waals surface area contributed by atoms with Crippen molar-refractivity contribution in [2.45, 2.75) is 44.4 Å². The van der Waals surface area contributed by atoms with Crippen LogP contribution in [0.5, 0.6) is 0 Å². The van der Waals surface area contributed by atoms with E-state index in [1.807, 2.05) is 20.8 Å². The first kappa shape index (κ1) is 15.9. The molecule has 19 heavy (non-hydrogen) atoms. The fraction of sp³-hybridized carbons (Fsp3) is 0.727. The van der Waals surface area contributed by atoms with Crippen molar-refractivity contribution in [2.75, 3.05) is 0 Å². The summed E-state index contributed by atoms with van der Waals surface area (Å²) in [5.74, 6) is -0.559. The van der Waals surface area contributed by atoms with Crippen LogP contribution in [0.3, 0.4) is 0 Å². The predicted octanol–water partition coefficient (Wildman–Crippen LogP) is 0.557. The van der Waals surface area contributed by atoms with Crippen LogP contribution in [-0.2, 0) is 28.7 Å². The second-order valence-electron chi connectivity index (χ2n) is 5.59. The number of carbonyl (C=O) groups is 1. The van der Waals surface area contributed by atoms with Gasteiger partial charge in [0.25, 0.3) is 0 Å². The van der Waals surface area contributed by atoms with E-state index >= 15 is 0 Å². The lowest BCUT2D eigenvalue weighted by Crippen LogP contribution is -2.51. The number of carboxylic acid groups (broad SMARTS) is 1. The van der Waals surface area contributed by atoms with E-state index in [-0.39, 0.29) is 6.42 Å². The molecule has 2 N–H and O–H groups in total. The number of aliphatic carboxylic acids is 1. The van der Waals surface area contributed by atoms with E-state index in [0.717, 1.165) is 0 Å². The molecule has 0 saturated heterocycles. The maximum atomic E-state index is 12.2. The molecule has 0 unspecified atom stereocenters. The quantitative estimate of drug-likeness (QED) is 0.767. The van der Waals surface area contributed by atoms with Gasteiger partial charge in [0.2, 0.25) is 0 Å². The topological polar surface area (TPSA) is 103 Å². The van der Waals surface area contributed by atoms with Gasteiger partial charge in [0.15, 0.2) is 5.82 Å². The second-order valence-corrected chi connectivity index (χ2v) is 7.56. The molecule has 1 aromatic rings. The van der Waals surface area contributed by atoms with Gasteiger partial charge in [0.05, 0.1) is 6.42 Å². The number of hydrogen-bond donors (Lipinski definition) is 2. The Balaban J connectivity index is 3.08. The zero-order chi connectivity index (χ0) is 14.8. The lowest BCUT2D eigenvalue weighted by Gasteiger charge is -2.33. The van der Waals surface area contributed by atoms with Crippen molar-refractivity contribution in [3.63, 3.8) is 0 Å². The molecular weight excluding hydrogens is 268 g/mol. The third-order valence-electron chi connectivity index (χ3n) is 2.58. The predicted molar refractivity (Wildman–Crippen MR) is 71.6 cm³/mol. The van der Waals surface area contributed by atoms with E-state index in [9.17, 15) is 9.35 Å². The van der Waals surface area contributed by atoms with Crippen LogP contribution in [0.4, 0.5) is 0 Å². The Morgan fingerprint density at radius 2 is 2.11 bits per heavy atom. The van der Waals surface area contributed by atoms with Crippen molar-refractivity contribution in [3.8, 4) is 0 Å². The third-order valence-corrected chi connectivity index (χ3v) is 4.33. The fourth-order valence-corrected chi connectivity index (χ4v) is 2.50. The van der Waals surface area contributed by atoms with Crippen LogP contribution in [0.25, 0.3) is 0 Å². The minimum atomic E-state index is -1.41. The van der Waals surface area contributed by atoms with Gasteiger partial charge in [-0.25, -0.2) is 4.98 Å². The molecule has 7 nitrogen and oxygen atoms in total. The number of nitrogens with one attached hydrogen (secondary N) is 1. The molecule has 0 aliphatic heterocycles. The summed E-state index contributed by atoms with van der Waals surface area (Å²) in [6.07, 6.45) is 1.11. The van der Waals surface area contributed by atoms with Gasteiger partial charge >= 0.3 is 5.97 Å². The first-order valence-corrected chi connectivity index (χ1v) is 6.97. The summed E-state index contributed by atoms with van der Waals surface area (Å²) < 4.78 is 16.1. The smallest absolute Gasteiger partial charge is 0.305 e. The molecule has 108 valence electrons. The standard InChI is InChI=1S/C11H20N4O3S/c1-10(2,3)19(18)14-11(4,6-8(16)17)9-12-7-13-15(9)5/h7,14H,6H2,1-5H3,(H,16,17)/t11-,19+/m0/s1. The van der Waals surface area contributed by atoms with Gasteiger partial charge in [-0.3, -0.25) is 9.48 Å². The largest absolute Gasteiger partial charge is 0.598 e. The van der Waals surface area contributed by atoms with E-state index in [0.29, 0.717) is 5.82 Å². The summed E-state index contributed by atoms with van der Waals surface area (Å²) in [5, 5.41) is 13.0. The van der Waals surface area contributed by atoms with Gasteiger partial charge in [-0.05, 0) is 27.7 Å². The minimum Gasteiger partial charge on any atom is -0.598 e. The Morgan fingerprint density at radius 3 is 2.47 bits per heavy atom. The van der Waals surface area contributed by atoms with Crippen LogP contribution in [0.1, 0.15) is 39.9 Å². The number of hydrogen-bond acceptors (Lipinski definition) is 5. The maximum Gasteiger partial charge on any atom is 0.305 e. The molecule has 0 saturated carbocycles. The third kappa shape index (κ3) is 3.92. The highest BCUT2D eigenvalue weighted by atomic mass is 32.2. The van der Waals surface area contributed by atoms with Gasteiger partial charge in [-0.2, -0.15) is 5.10 Å². The van der Waals surface area contributed by atoms with Crippen LogP contribution in [-0.4, -0.2) is 35.1 Å². The van der Waals surface area contributed by atoms with E-state index in [4.69, 9.17) is 5.11 Å². The first-order valence-electron chi connectivity index (χ1n) is 5.82. The molecule has 0 fully saturated rings. The van der Waals surface area contributed by atoms with E-state index in [1.54, 1.807) is 14.0 Å². The highest BCUT2D eigenvalue weighted by Gasteiger charge is 2.41. The summed E-state index contributed by atoms with van der Waals surface area (Å²) in [6.45, 7) is 7.10. The molecule has 2 atom stereocenters. The zero-order valence-corrected chi connectivity index (χ0v) is 12.6. The molecule has 0 radical (unpaired) electrons. The van der Waals surface area contributed by atoms with Crippen molar-refractivity contribution in [1.82, 2.24) is 19.5 Å². The summed E-state index contributed by atoms with van der Waals surface area (Å²) >= 11 is -1.41. The molecular formula is C11H20N4O3S. The highest BCUT2D eigenvalue weighted by Crippen LogP contribution is 2.26. The fourth-order valence-electron chi connectivity index (χ4n) is 1.62. The van der Waals surface area contributed by atoms with E-state index in [2.05, 4.69) is 14.8 Å². The lowest BCUT2D eigenvalue weighted by atomic mass is 9.98. The number of nitrogens with zero attached hydrogens (tertiary/aromatic N) is 3. The van der Waals surface area contributed by atoms with Crippen molar-refractivity contribution >= 4 is 17.3 Å². The zero-order valence-electron chi connectivity index (χ0n) is 11.8. The van der Waals surface area contributed by atoms with E-state index in [1.165, 1.54) is 11.0 Å². The molecule has 0 bridgehead atoms. The Morgan fingerprint density at radius 1 is 1.53 bits per heavy atom. The first-order chi connectivity index (χ1) is 8.56. The monoisotopic (exact) mass is 288 g/mol. The number of rotatable bonds is 5. The number of aromatic nitrogens is 3. The molecule has 0 aliphatic carbocycles. The Labute approximate surface area is 115 Å². The molecule has 0 aliphatic rings. The molecule has 8 heteroatoms. The number of carboxylic acids is 1. The second kappa shape index (κ2) is 5.48. The average molecular weight is 288 g/mol. The normalized spacial score (nSPS) is 16.9. The van der Waals surface area contributed by atoms with Gasteiger partial charge < -0.3 is 9.66 Å². The molecule has 0 spiro atoms. The Kier molecular flexibility index (Phi) is 4.59. The van der Waals surface area contributed by atoms with Crippen LogP contribution in [0.15, 0.2) is 6.33 Å². The van der Waals surface area contributed by atoms with E-state index < -0.39 is 27.6 Å². The molecule has 0 aromatic carbocycles. The van der Waals surface area contributed by atoms with Crippen molar-refractivity contribution in [3.05, 3.63) is 12.2 Å². The van der Waals surface area contributed by atoms with Crippen LogP contribution in [0.2, 0.25) is 0 Å². The van der Waals surface area contributed by atoms with Gasteiger partial charge in [-0.15, -0.1) is 4.72 Å². The van der Waals surface area contributed by atoms with Crippen LogP contribution in [0, 0.1) is 0 Å². The summed E-state index contributed by atoms with van der Waals surface area (Å²) in [7, 11) is 1.67. The number of aryl methyl sites for hydroxylation is 1. The molecule has 0 amide bonds. The van der Waals surface area contributed by atoms with Crippen molar-refractivity contribution < 1.29 is 14.5 Å². The Bertz CT molecular complexity index is 457. The SMILES string of the molecule is Cn1ncnc1[C@](C)(CC(=O)O)N[S@+]([O-])C(C)(C)C. The Hall–Kier alpha value is -1.12. The molecule has 1 heterocycles. The maximum absolute atomic E-state index is 12.2. The van der Waals surface area contributed by atoms with Crippen LogP contribution >= 0.6 is 0 Å². The summed E-state index contributed by atoms with van der Waals surface area (Å²) in [4.78, 5) is 15.1. The molecule has 1 rings (SSSR count). The van der Waals surface area contributed by atoms with Crippen molar-refractivity contribution in [2.24, 2.45) is 7.05 Å².